The van der Waals surface area contributed by atoms with Crippen LogP contribution in [0.5, 0.6) is 0 Å². The molecule has 2 heterocycles. The number of carbonyl (C=O) groups is 1. The second kappa shape index (κ2) is 9.16. The van der Waals surface area contributed by atoms with Crippen LogP contribution in [0, 0.1) is 17.5 Å². The summed E-state index contributed by atoms with van der Waals surface area (Å²) in [5, 5.41) is 15.4. The van der Waals surface area contributed by atoms with Gasteiger partial charge in [-0.05, 0) is 35.9 Å². The fraction of sp³-hybridized carbons (Fsp3) is 0.174. The first-order chi connectivity index (χ1) is 15.7. The molecule has 0 saturated carbocycles. The van der Waals surface area contributed by atoms with Crippen molar-refractivity contribution >= 4 is 17.2 Å². The molecule has 10 heteroatoms. The quantitative estimate of drug-likeness (QED) is 0.440. The molecule has 0 aliphatic carbocycles. The number of aromatic nitrogens is 3. The lowest BCUT2D eigenvalue weighted by atomic mass is 9.92. The minimum atomic E-state index is -1.91. The zero-order valence-corrected chi connectivity index (χ0v) is 18.3. The van der Waals surface area contributed by atoms with Crippen molar-refractivity contribution in [1.82, 2.24) is 19.7 Å². The molecule has 1 N–H and O–H groups in total. The first kappa shape index (κ1) is 22.7. The molecule has 4 rings (SSSR count). The molecule has 170 valence electrons. The molecule has 33 heavy (non-hydrogen) atoms. The molecular formula is C23H19F3N4O2S. The summed E-state index contributed by atoms with van der Waals surface area (Å²) >= 11 is 1.21. The number of hydrogen-bond donors (Lipinski definition) is 1. The summed E-state index contributed by atoms with van der Waals surface area (Å²) in [6.07, 6.45) is 2.61. The van der Waals surface area contributed by atoms with Gasteiger partial charge >= 0.3 is 0 Å². The Balaban J connectivity index is 1.59. The highest BCUT2D eigenvalue weighted by Gasteiger charge is 2.36. The number of amides is 1. The fourth-order valence-corrected chi connectivity index (χ4v) is 4.55. The molecule has 1 amide bonds. The second-order valence-corrected chi connectivity index (χ2v) is 8.66. The molecule has 0 bridgehead atoms. The molecule has 0 saturated heterocycles. The lowest BCUT2D eigenvalue weighted by Gasteiger charge is -2.33. The number of likely N-dealkylation sites (N-methyl/N-ethyl adjacent to an activating group) is 1. The van der Waals surface area contributed by atoms with Crippen molar-refractivity contribution in [1.29, 1.82) is 0 Å². The Morgan fingerprint density at radius 2 is 1.82 bits per heavy atom. The van der Waals surface area contributed by atoms with Crippen LogP contribution < -0.4 is 0 Å². The van der Waals surface area contributed by atoms with E-state index in [1.165, 1.54) is 52.8 Å². The summed E-state index contributed by atoms with van der Waals surface area (Å²) in [4.78, 5) is 19.3. The van der Waals surface area contributed by atoms with Crippen molar-refractivity contribution in [2.75, 3.05) is 13.6 Å². The van der Waals surface area contributed by atoms with E-state index in [9.17, 15) is 23.1 Å². The van der Waals surface area contributed by atoms with Gasteiger partial charge in [-0.3, -0.25) is 4.79 Å². The summed E-state index contributed by atoms with van der Waals surface area (Å²) in [5.74, 6) is -2.47. The molecule has 0 radical (unpaired) electrons. The van der Waals surface area contributed by atoms with E-state index in [0.29, 0.717) is 10.9 Å². The SMILES string of the molecule is CN(CC(O)(Cn1cncn1)c1ccc(F)cc1F)C(=O)c1ccc(-c2ccc(F)cc2)s1. The van der Waals surface area contributed by atoms with Crippen LogP contribution in [-0.4, -0.2) is 44.3 Å². The lowest BCUT2D eigenvalue weighted by molar-refractivity contribution is -0.0127. The average molecular weight is 472 g/mol. The highest BCUT2D eigenvalue weighted by molar-refractivity contribution is 7.17. The zero-order chi connectivity index (χ0) is 23.6. The van der Waals surface area contributed by atoms with Gasteiger partial charge in [0.05, 0.1) is 18.0 Å². The standard InChI is InChI=1S/C23H19F3N4O2S/c1-29(22(31)21-9-8-20(33-21)15-2-4-16(24)5-3-15)11-23(32,12-30-14-27-13-28-30)18-7-6-17(25)10-19(18)26/h2-10,13-14,32H,11-12H2,1H3. The van der Waals surface area contributed by atoms with E-state index in [1.54, 1.807) is 24.3 Å². The third-order valence-electron chi connectivity index (χ3n) is 5.11. The van der Waals surface area contributed by atoms with Crippen molar-refractivity contribution in [3.05, 3.63) is 95.1 Å². The number of benzene rings is 2. The normalized spacial score (nSPS) is 13.0. The maximum Gasteiger partial charge on any atom is 0.263 e. The third-order valence-corrected chi connectivity index (χ3v) is 6.24. The largest absolute Gasteiger partial charge is 0.381 e. The van der Waals surface area contributed by atoms with E-state index in [0.717, 1.165) is 22.6 Å². The van der Waals surface area contributed by atoms with Crippen molar-refractivity contribution in [2.45, 2.75) is 12.1 Å². The predicted molar refractivity (Wildman–Crippen MR) is 117 cm³/mol. The molecule has 0 fully saturated rings. The Morgan fingerprint density at radius 3 is 2.48 bits per heavy atom. The van der Waals surface area contributed by atoms with Gasteiger partial charge in [-0.2, -0.15) is 5.10 Å². The molecule has 1 atom stereocenters. The highest BCUT2D eigenvalue weighted by Crippen LogP contribution is 2.31. The highest BCUT2D eigenvalue weighted by atomic mass is 32.1. The minimum Gasteiger partial charge on any atom is -0.381 e. The number of carbonyl (C=O) groups excluding carboxylic acids is 1. The Labute approximate surface area is 191 Å². The summed E-state index contributed by atoms with van der Waals surface area (Å²) in [6, 6.07) is 12.2. The van der Waals surface area contributed by atoms with Crippen molar-refractivity contribution < 1.29 is 23.1 Å². The molecule has 1 unspecified atom stereocenters. The smallest absolute Gasteiger partial charge is 0.263 e. The van der Waals surface area contributed by atoms with Crippen molar-refractivity contribution in [3.8, 4) is 10.4 Å². The number of aliphatic hydroxyl groups is 1. The Kier molecular flexibility index (Phi) is 6.30. The van der Waals surface area contributed by atoms with Crippen LogP contribution in [0.4, 0.5) is 13.2 Å². The number of hydrogen-bond acceptors (Lipinski definition) is 5. The molecule has 2 aromatic carbocycles. The van der Waals surface area contributed by atoms with Crippen LogP contribution in [-0.2, 0) is 12.1 Å². The van der Waals surface area contributed by atoms with Crippen LogP contribution >= 0.6 is 11.3 Å². The zero-order valence-electron chi connectivity index (χ0n) is 17.5. The molecule has 0 aliphatic heterocycles. The van der Waals surface area contributed by atoms with Crippen LogP contribution in [0.3, 0.4) is 0 Å². The van der Waals surface area contributed by atoms with Crippen molar-refractivity contribution in [2.24, 2.45) is 0 Å². The number of nitrogens with zero attached hydrogens (tertiary/aromatic N) is 4. The van der Waals surface area contributed by atoms with E-state index in [2.05, 4.69) is 10.1 Å². The maximum atomic E-state index is 14.6. The van der Waals surface area contributed by atoms with Gasteiger partial charge in [-0.25, -0.2) is 22.8 Å². The summed E-state index contributed by atoms with van der Waals surface area (Å²) in [6.45, 7) is -0.504. The fourth-order valence-electron chi connectivity index (χ4n) is 3.54. The Morgan fingerprint density at radius 1 is 1.09 bits per heavy atom. The molecule has 4 aromatic rings. The number of halogens is 3. The van der Waals surface area contributed by atoms with Gasteiger partial charge < -0.3 is 10.0 Å². The summed E-state index contributed by atoms with van der Waals surface area (Å²) in [7, 11) is 1.48. The van der Waals surface area contributed by atoms with E-state index >= 15 is 0 Å². The molecule has 6 nitrogen and oxygen atoms in total. The molecule has 2 aromatic heterocycles. The Hall–Kier alpha value is -3.50. The van der Waals surface area contributed by atoms with Gasteiger partial charge in [0.2, 0.25) is 0 Å². The van der Waals surface area contributed by atoms with E-state index in [4.69, 9.17) is 0 Å². The molecule has 0 spiro atoms. The third kappa shape index (κ3) is 4.96. The van der Waals surface area contributed by atoms with Gasteiger partial charge in [-0.15, -0.1) is 11.3 Å². The summed E-state index contributed by atoms with van der Waals surface area (Å²) in [5.41, 5.74) is -1.32. The van der Waals surface area contributed by atoms with E-state index in [1.807, 2.05) is 0 Å². The second-order valence-electron chi connectivity index (χ2n) is 7.58. The van der Waals surface area contributed by atoms with E-state index in [-0.39, 0.29) is 24.5 Å². The molecule has 0 aliphatic rings. The summed E-state index contributed by atoms with van der Waals surface area (Å²) < 4.78 is 42.5. The average Bonchev–Trinajstić information content (AvgIpc) is 3.45. The maximum absolute atomic E-state index is 14.6. The van der Waals surface area contributed by atoms with Crippen LogP contribution in [0.15, 0.2) is 67.3 Å². The van der Waals surface area contributed by atoms with Gasteiger partial charge in [-0.1, -0.05) is 18.2 Å². The molecular weight excluding hydrogens is 453 g/mol. The van der Waals surface area contributed by atoms with Crippen LogP contribution in [0.2, 0.25) is 0 Å². The van der Waals surface area contributed by atoms with E-state index < -0.39 is 23.1 Å². The van der Waals surface area contributed by atoms with Gasteiger partial charge in [0.1, 0.15) is 35.7 Å². The number of rotatable bonds is 7. The van der Waals surface area contributed by atoms with Gasteiger partial charge in [0.25, 0.3) is 5.91 Å². The Bertz CT molecular complexity index is 1260. The van der Waals surface area contributed by atoms with Crippen molar-refractivity contribution in [3.63, 3.8) is 0 Å². The predicted octanol–water partition coefficient (Wildman–Crippen LogP) is 4.08. The first-order valence-corrected chi connectivity index (χ1v) is 10.7. The van der Waals surface area contributed by atoms with Crippen LogP contribution in [0.25, 0.3) is 10.4 Å². The first-order valence-electron chi connectivity index (χ1n) is 9.87. The van der Waals surface area contributed by atoms with Gasteiger partial charge in [0, 0.05) is 23.6 Å². The van der Waals surface area contributed by atoms with Gasteiger partial charge in [0.15, 0.2) is 0 Å². The lowest BCUT2D eigenvalue weighted by Crippen LogP contribution is -2.45. The van der Waals surface area contributed by atoms with Crippen LogP contribution in [0.1, 0.15) is 15.2 Å². The minimum absolute atomic E-state index is 0.169. The number of thiophene rings is 1. The topological polar surface area (TPSA) is 71.2 Å². The monoisotopic (exact) mass is 472 g/mol.